The Hall–Kier alpha value is -2.74. The summed E-state index contributed by atoms with van der Waals surface area (Å²) in [5.41, 5.74) is 0.656. The van der Waals surface area contributed by atoms with Gasteiger partial charge in [0.2, 0.25) is 5.91 Å². The van der Waals surface area contributed by atoms with Crippen LogP contribution in [0.4, 0.5) is 5.69 Å². The van der Waals surface area contributed by atoms with Gasteiger partial charge in [0.1, 0.15) is 17.8 Å². The van der Waals surface area contributed by atoms with E-state index in [1.165, 1.54) is 11.8 Å². The highest BCUT2D eigenvalue weighted by Gasteiger charge is 2.19. The maximum absolute atomic E-state index is 12.6. The van der Waals surface area contributed by atoms with Crippen LogP contribution in [0.25, 0.3) is 0 Å². The maximum atomic E-state index is 12.6. The number of anilines is 1. The Balaban J connectivity index is 1.64. The van der Waals surface area contributed by atoms with Gasteiger partial charge in [-0.1, -0.05) is 23.9 Å². The number of amides is 1. The molecule has 26 heavy (non-hydrogen) atoms. The van der Waals surface area contributed by atoms with Crippen LogP contribution in [0.1, 0.15) is 19.6 Å². The van der Waals surface area contributed by atoms with E-state index >= 15 is 0 Å². The molecule has 0 aliphatic heterocycles. The van der Waals surface area contributed by atoms with Crippen LogP contribution in [-0.4, -0.2) is 32.5 Å². The number of carbonyl (C=O) groups excluding carboxylic acids is 1. The smallest absolute Gasteiger partial charge is 0.237 e. The highest BCUT2D eigenvalue weighted by Crippen LogP contribution is 2.27. The Morgan fingerprint density at radius 3 is 2.96 bits per heavy atom. The first-order valence-corrected chi connectivity index (χ1v) is 9.15. The van der Waals surface area contributed by atoms with Crippen molar-refractivity contribution in [3.05, 3.63) is 54.7 Å². The number of nitrogens with zero attached hydrogens (tertiary/aromatic N) is 3. The summed E-state index contributed by atoms with van der Waals surface area (Å²) in [6.07, 6.45) is 3.25. The molecule has 0 radical (unpaired) electrons. The second-order valence-electron chi connectivity index (χ2n) is 5.50. The zero-order chi connectivity index (χ0) is 18.4. The normalized spacial score (nSPS) is 11.9. The van der Waals surface area contributed by atoms with Gasteiger partial charge in [-0.2, -0.15) is 0 Å². The van der Waals surface area contributed by atoms with Crippen molar-refractivity contribution in [2.75, 3.05) is 11.9 Å². The Kier molecular flexibility index (Phi) is 5.96. The first kappa shape index (κ1) is 18.1. The molecule has 0 saturated carbocycles. The van der Waals surface area contributed by atoms with Crippen molar-refractivity contribution >= 4 is 23.4 Å². The third-order valence-corrected chi connectivity index (χ3v) is 4.68. The van der Waals surface area contributed by atoms with Crippen LogP contribution in [0.5, 0.6) is 5.75 Å². The number of nitrogens with one attached hydrogen (secondary N) is 1. The van der Waals surface area contributed by atoms with E-state index in [1.807, 2.05) is 54.8 Å². The van der Waals surface area contributed by atoms with Gasteiger partial charge in [-0.15, -0.1) is 10.2 Å². The number of hydrogen-bond acceptors (Lipinski definition) is 6. The molecule has 1 amide bonds. The fourth-order valence-corrected chi connectivity index (χ4v) is 3.14. The van der Waals surface area contributed by atoms with Gasteiger partial charge in [-0.05, 0) is 38.1 Å². The van der Waals surface area contributed by atoms with Crippen molar-refractivity contribution in [1.82, 2.24) is 14.8 Å². The summed E-state index contributed by atoms with van der Waals surface area (Å²) in [5.74, 6) is 1.32. The lowest BCUT2D eigenvalue weighted by Gasteiger charge is -2.14. The van der Waals surface area contributed by atoms with Gasteiger partial charge in [0.15, 0.2) is 5.16 Å². The number of aromatic nitrogens is 3. The quantitative estimate of drug-likeness (QED) is 0.610. The Bertz CT molecular complexity index is 848. The summed E-state index contributed by atoms with van der Waals surface area (Å²) in [7, 11) is 0. The van der Waals surface area contributed by atoms with Gasteiger partial charge >= 0.3 is 0 Å². The molecule has 0 bridgehead atoms. The van der Waals surface area contributed by atoms with Gasteiger partial charge < -0.3 is 19.0 Å². The van der Waals surface area contributed by atoms with Crippen molar-refractivity contribution in [3.8, 4) is 5.75 Å². The first-order valence-electron chi connectivity index (χ1n) is 8.27. The molecule has 0 saturated heterocycles. The van der Waals surface area contributed by atoms with Crippen LogP contribution >= 0.6 is 11.8 Å². The van der Waals surface area contributed by atoms with Crippen LogP contribution in [0, 0.1) is 0 Å². The van der Waals surface area contributed by atoms with E-state index in [2.05, 4.69) is 15.5 Å². The third kappa shape index (κ3) is 4.45. The number of benzene rings is 1. The number of furan rings is 1. The fraction of sp³-hybridized carbons (Fsp3) is 0.278. The SMILES string of the molecule is CCOc1ccccc1NC(=O)C(C)Sc1nncn1Cc1ccco1. The number of hydrogen-bond donors (Lipinski definition) is 1. The Labute approximate surface area is 155 Å². The molecule has 1 N–H and O–H groups in total. The second-order valence-corrected chi connectivity index (χ2v) is 6.81. The zero-order valence-electron chi connectivity index (χ0n) is 14.6. The minimum atomic E-state index is -0.357. The summed E-state index contributed by atoms with van der Waals surface area (Å²) in [4.78, 5) is 12.6. The number of para-hydroxylation sites is 2. The average molecular weight is 372 g/mol. The molecule has 0 fully saturated rings. The molecule has 2 heterocycles. The third-order valence-electron chi connectivity index (χ3n) is 3.58. The molecular formula is C18H20N4O3S. The molecule has 136 valence electrons. The molecule has 0 aliphatic carbocycles. The van der Waals surface area contributed by atoms with Crippen LogP contribution in [-0.2, 0) is 11.3 Å². The van der Waals surface area contributed by atoms with Gasteiger partial charge in [0.05, 0.1) is 30.4 Å². The molecule has 1 atom stereocenters. The molecule has 1 unspecified atom stereocenters. The summed E-state index contributed by atoms with van der Waals surface area (Å²) in [6, 6.07) is 11.1. The molecule has 0 aliphatic rings. The highest BCUT2D eigenvalue weighted by atomic mass is 32.2. The van der Waals surface area contributed by atoms with Crippen molar-refractivity contribution < 1.29 is 13.9 Å². The minimum absolute atomic E-state index is 0.130. The Morgan fingerprint density at radius 1 is 1.35 bits per heavy atom. The molecule has 3 rings (SSSR count). The molecule has 7 nitrogen and oxygen atoms in total. The molecule has 1 aromatic carbocycles. The fourth-order valence-electron chi connectivity index (χ4n) is 2.31. The van der Waals surface area contributed by atoms with Gasteiger partial charge in [-0.3, -0.25) is 4.79 Å². The minimum Gasteiger partial charge on any atom is -0.492 e. The molecule has 2 aromatic heterocycles. The maximum Gasteiger partial charge on any atom is 0.237 e. The number of rotatable bonds is 8. The van der Waals surface area contributed by atoms with Crippen LogP contribution in [0.2, 0.25) is 0 Å². The zero-order valence-corrected chi connectivity index (χ0v) is 15.4. The molecule has 0 spiro atoms. The average Bonchev–Trinajstić information content (AvgIpc) is 3.30. The topological polar surface area (TPSA) is 82.2 Å². The van der Waals surface area contributed by atoms with Crippen molar-refractivity contribution in [2.24, 2.45) is 0 Å². The van der Waals surface area contributed by atoms with Crippen molar-refractivity contribution in [3.63, 3.8) is 0 Å². The van der Waals surface area contributed by atoms with Crippen molar-refractivity contribution in [2.45, 2.75) is 30.8 Å². The van der Waals surface area contributed by atoms with Gasteiger partial charge in [0.25, 0.3) is 0 Å². The largest absolute Gasteiger partial charge is 0.492 e. The van der Waals surface area contributed by atoms with Gasteiger partial charge in [0, 0.05) is 0 Å². The van der Waals surface area contributed by atoms with E-state index in [0.29, 0.717) is 29.7 Å². The van der Waals surface area contributed by atoms with E-state index in [0.717, 1.165) is 5.76 Å². The standard InChI is InChI=1S/C18H20N4O3S/c1-3-24-16-9-5-4-8-15(16)20-17(23)13(2)26-18-21-19-12-22(18)11-14-7-6-10-25-14/h4-10,12-13H,3,11H2,1-2H3,(H,20,23). The monoisotopic (exact) mass is 372 g/mol. The summed E-state index contributed by atoms with van der Waals surface area (Å²) < 4.78 is 12.7. The highest BCUT2D eigenvalue weighted by molar-refractivity contribution is 8.00. The Morgan fingerprint density at radius 2 is 2.19 bits per heavy atom. The van der Waals surface area contributed by atoms with Crippen molar-refractivity contribution in [1.29, 1.82) is 0 Å². The van der Waals surface area contributed by atoms with Crippen LogP contribution in [0.3, 0.4) is 0 Å². The van der Waals surface area contributed by atoms with Gasteiger partial charge in [-0.25, -0.2) is 0 Å². The number of thioether (sulfide) groups is 1. The molecule has 3 aromatic rings. The number of ether oxygens (including phenoxy) is 1. The lowest BCUT2D eigenvalue weighted by atomic mass is 10.3. The molecule has 8 heteroatoms. The van der Waals surface area contributed by atoms with E-state index in [1.54, 1.807) is 12.6 Å². The predicted octanol–water partition coefficient (Wildman–Crippen LogP) is 3.44. The van der Waals surface area contributed by atoms with Crippen LogP contribution in [0.15, 0.2) is 58.6 Å². The van der Waals surface area contributed by atoms with E-state index in [4.69, 9.17) is 9.15 Å². The molecular weight excluding hydrogens is 352 g/mol. The predicted molar refractivity (Wildman–Crippen MR) is 99.4 cm³/mol. The van der Waals surface area contributed by atoms with E-state index in [9.17, 15) is 4.79 Å². The lowest BCUT2D eigenvalue weighted by Crippen LogP contribution is -2.23. The summed E-state index contributed by atoms with van der Waals surface area (Å²) in [6.45, 7) is 4.79. The van der Waals surface area contributed by atoms with E-state index < -0.39 is 0 Å². The first-order chi connectivity index (χ1) is 12.7. The summed E-state index contributed by atoms with van der Waals surface area (Å²) in [5, 5.41) is 11.2. The van der Waals surface area contributed by atoms with E-state index in [-0.39, 0.29) is 11.2 Å². The second kappa shape index (κ2) is 8.57. The number of carbonyl (C=O) groups is 1. The van der Waals surface area contributed by atoms with Crippen LogP contribution < -0.4 is 10.1 Å². The lowest BCUT2D eigenvalue weighted by molar-refractivity contribution is -0.115. The summed E-state index contributed by atoms with van der Waals surface area (Å²) >= 11 is 1.34.